The summed E-state index contributed by atoms with van der Waals surface area (Å²) >= 11 is 0. The molecule has 3 N–H and O–H groups in total. The Kier molecular flexibility index (Phi) is 4.93. The van der Waals surface area contributed by atoms with E-state index in [2.05, 4.69) is 17.0 Å². The van der Waals surface area contributed by atoms with Gasteiger partial charge >= 0.3 is 0 Å². The average molecular weight is 261 g/mol. The summed E-state index contributed by atoms with van der Waals surface area (Å²) in [7, 11) is 1.78. The van der Waals surface area contributed by atoms with Crippen LogP contribution in [-0.4, -0.2) is 37.5 Å². The van der Waals surface area contributed by atoms with E-state index >= 15 is 0 Å². The molecule has 2 rings (SSSR count). The van der Waals surface area contributed by atoms with Crippen LogP contribution in [0.5, 0.6) is 0 Å². The SMILES string of the molecule is COCC1CCN(Cc2ccc(C(=N)N)cc2)CC1. The molecule has 104 valence electrons. The highest BCUT2D eigenvalue weighted by Gasteiger charge is 2.18. The number of methoxy groups -OCH3 is 1. The van der Waals surface area contributed by atoms with Crippen molar-refractivity contribution in [3.63, 3.8) is 0 Å². The van der Waals surface area contributed by atoms with E-state index in [0.29, 0.717) is 0 Å². The minimum Gasteiger partial charge on any atom is -0.384 e. The van der Waals surface area contributed by atoms with Crippen LogP contribution < -0.4 is 5.73 Å². The van der Waals surface area contributed by atoms with Gasteiger partial charge in [-0.2, -0.15) is 0 Å². The van der Waals surface area contributed by atoms with Gasteiger partial charge in [-0.05, 0) is 37.4 Å². The van der Waals surface area contributed by atoms with Gasteiger partial charge in [0.05, 0.1) is 0 Å². The molecule has 0 saturated carbocycles. The van der Waals surface area contributed by atoms with E-state index in [1.54, 1.807) is 7.11 Å². The van der Waals surface area contributed by atoms with Gasteiger partial charge < -0.3 is 10.5 Å². The van der Waals surface area contributed by atoms with Crippen molar-refractivity contribution in [2.75, 3.05) is 26.8 Å². The van der Waals surface area contributed by atoms with Crippen LogP contribution in [0.1, 0.15) is 24.0 Å². The van der Waals surface area contributed by atoms with Crippen LogP contribution >= 0.6 is 0 Å². The molecule has 0 atom stereocenters. The Morgan fingerprint density at radius 1 is 1.32 bits per heavy atom. The van der Waals surface area contributed by atoms with Crippen molar-refractivity contribution in [3.8, 4) is 0 Å². The lowest BCUT2D eigenvalue weighted by atomic mass is 9.97. The summed E-state index contributed by atoms with van der Waals surface area (Å²) in [4.78, 5) is 2.48. The van der Waals surface area contributed by atoms with Gasteiger partial charge in [-0.25, -0.2) is 0 Å². The first-order valence-corrected chi connectivity index (χ1v) is 6.83. The van der Waals surface area contributed by atoms with E-state index in [4.69, 9.17) is 15.9 Å². The van der Waals surface area contributed by atoms with Gasteiger partial charge in [-0.1, -0.05) is 24.3 Å². The molecule has 19 heavy (non-hydrogen) atoms. The van der Waals surface area contributed by atoms with E-state index in [9.17, 15) is 0 Å². The van der Waals surface area contributed by atoms with Crippen LogP contribution in [0.15, 0.2) is 24.3 Å². The minimum absolute atomic E-state index is 0.131. The molecule has 1 fully saturated rings. The first kappa shape index (κ1) is 14.0. The van der Waals surface area contributed by atoms with Gasteiger partial charge in [0.25, 0.3) is 0 Å². The monoisotopic (exact) mass is 261 g/mol. The van der Waals surface area contributed by atoms with Crippen LogP contribution in [0, 0.1) is 11.3 Å². The lowest BCUT2D eigenvalue weighted by molar-refractivity contribution is 0.0968. The number of ether oxygens (including phenoxy) is 1. The topological polar surface area (TPSA) is 62.3 Å². The molecule has 0 aliphatic carbocycles. The highest BCUT2D eigenvalue weighted by molar-refractivity contribution is 5.94. The molecule has 4 heteroatoms. The molecule has 0 spiro atoms. The Bertz CT molecular complexity index is 408. The van der Waals surface area contributed by atoms with Crippen molar-refractivity contribution in [2.24, 2.45) is 11.7 Å². The van der Waals surface area contributed by atoms with Gasteiger partial charge in [0.2, 0.25) is 0 Å². The highest BCUT2D eigenvalue weighted by atomic mass is 16.5. The Labute approximate surface area is 115 Å². The van der Waals surface area contributed by atoms with Gasteiger partial charge in [0, 0.05) is 25.8 Å². The summed E-state index contributed by atoms with van der Waals surface area (Å²) in [5.41, 5.74) is 7.53. The molecular weight excluding hydrogens is 238 g/mol. The van der Waals surface area contributed by atoms with Gasteiger partial charge in [-0.3, -0.25) is 10.3 Å². The highest BCUT2D eigenvalue weighted by Crippen LogP contribution is 2.19. The molecular formula is C15H23N3O. The van der Waals surface area contributed by atoms with E-state index < -0.39 is 0 Å². The zero-order valence-corrected chi connectivity index (χ0v) is 11.6. The fourth-order valence-corrected chi connectivity index (χ4v) is 2.59. The van der Waals surface area contributed by atoms with E-state index in [1.807, 2.05) is 12.1 Å². The Balaban J connectivity index is 1.83. The van der Waals surface area contributed by atoms with Crippen molar-refractivity contribution in [2.45, 2.75) is 19.4 Å². The third-order valence-electron chi connectivity index (χ3n) is 3.78. The Hall–Kier alpha value is -1.39. The molecule has 1 aliphatic rings. The number of nitrogens with one attached hydrogen (secondary N) is 1. The predicted octanol–water partition coefficient (Wildman–Crippen LogP) is 1.83. The second kappa shape index (κ2) is 6.68. The first-order valence-electron chi connectivity index (χ1n) is 6.83. The third kappa shape index (κ3) is 4.04. The first-order chi connectivity index (χ1) is 9.19. The quantitative estimate of drug-likeness (QED) is 0.628. The van der Waals surface area contributed by atoms with Crippen molar-refractivity contribution < 1.29 is 4.74 Å². The summed E-state index contributed by atoms with van der Waals surface area (Å²) in [5, 5.41) is 7.38. The second-order valence-electron chi connectivity index (χ2n) is 5.29. The van der Waals surface area contributed by atoms with Gasteiger partial charge in [0.1, 0.15) is 5.84 Å². The van der Waals surface area contributed by atoms with Crippen molar-refractivity contribution in [3.05, 3.63) is 35.4 Å². The number of nitrogens with two attached hydrogens (primary N) is 1. The maximum Gasteiger partial charge on any atom is 0.122 e. The fraction of sp³-hybridized carbons (Fsp3) is 0.533. The number of hydrogen-bond acceptors (Lipinski definition) is 3. The summed E-state index contributed by atoms with van der Waals surface area (Å²) in [6.07, 6.45) is 2.44. The normalized spacial score (nSPS) is 17.5. The zero-order valence-electron chi connectivity index (χ0n) is 11.6. The molecule has 1 saturated heterocycles. The number of hydrogen-bond donors (Lipinski definition) is 2. The number of piperidine rings is 1. The number of amidine groups is 1. The molecule has 0 radical (unpaired) electrons. The van der Waals surface area contributed by atoms with Gasteiger partial charge in [0.15, 0.2) is 0 Å². The minimum atomic E-state index is 0.131. The van der Waals surface area contributed by atoms with Crippen molar-refractivity contribution >= 4 is 5.84 Å². The molecule has 4 nitrogen and oxygen atoms in total. The lowest BCUT2D eigenvalue weighted by Gasteiger charge is -2.31. The van der Waals surface area contributed by atoms with Crippen molar-refractivity contribution in [1.29, 1.82) is 5.41 Å². The van der Waals surface area contributed by atoms with E-state index in [1.165, 1.54) is 18.4 Å². The van der Waals surface area contributed by atoms with Crippen LogP contribution in [0.25, 0.3) is 0 Å². The lowest BCUT2D eigenvalue weighted by Crippen LogP contribution is -2.34. The Morgan fingerprint density at radius 2 is 1.95 bits per heavy atom. The number of nitrogens with zero attached hydrogens (tertiary/aromatic N) is 1. The largest absolute Gasteiger partial charge is 0.384 e. The molecule has 1 aromatic carbocycles. The zero-order chi connectivity index (χ0) is 13.7. The third-order valence-corrected chi connectivity index (χ3v) is 3.78. The van der Waals surface area contributed by atoms with Crippen LogP contribution in [-0.2, 0) is 11.3 Å². The van der Waals surface area contributed by atoms with Crippen LogP contribution in [0.2, 0.25) is 0 Å². The number of nitrogen functional groups attached to an aromatic ring is 1. The fourth-order valence-electron chi connectivity index (χ4n) is 2.59. The molecule has 1 aliphatic heterocycles. The molecule has 1 aromatic rings. The Morgan fingerprint density at radius 3 is 2.47 bits per heavy atom. The maximum absolute atomic E-state index is 7.38. The van der Waals surface area contributed by atoms with Crippen LogP contribution in [0.3, 0.4) is 0 Å². The number of rotatable bonds is 5. The second-order valence-corrected chi connectivity index (χ2v) is 5.29. The van der Waals surface area contributed by atoms with Gasteiger partial charge in [-0.15, -0.1) is 0 Å². The smallest absolute Gasteiger partial charge is 0.122 e. The molecule has 0 aromatic heterocycles. The summed E-state index contributed by atoms with van der Waals surface area (Å²) in [6, 6.07) is 7.99. The molecule has 1 heterocycles. The summed E-state index contributed by atoms with van der Waals surface area (Å²) in [5.74, 6) is 0.855. The van der Waals surface area contributed by atoms with E-state index in [0.717, 1.165) is 37.7 Å². The van der Waals surface area contributed by atoms with E-state index in [-0.39, 0.29) is 5.84 Å². The molecule has 0 bridgehead atoms. The summed E-state index contributed by atoms with van der Waals surface area (Å²) < 4.78 is 5.22. The number of benzene rings is 1. The van der Waals surface area contributed by atoms with Crippen molar-refractivity contribution in [1.82, 2.24) is 4.90 Å². The molecule has 0 amide bonds. The van der Waals surface area contributed by atoms with Crippen LogP contribution in [0.4, 0.5) is 0 Å². The average Bonchev–Trinajstić information content (AvgIpc) is 2.42. The summed E-state index contributed by atoms with van der Waals surface area (Å²) in [6.45, 7) is 4.16. The maximum atomic E-state index is 7.38. The number of likely N-dealkylation sites (tertiary alicyclic amines) is 1. The standard InChI is InChI=1S/C15H23N3O/c1-19-11-13-6-8-18(9-7-13)10-12-2-4-14(5-3-12)15(16)17/h2-5,13H,6-11H2,1H3,(H3,16,17). The predicted molar refractivity (Wildman–Crippen MR) is 77.3 cm³/mol. The molecule has 0 unspecified atom stereocenters.